The minimum absolute atomic E-state index is 0.0975. The number of ether oxygens (including phenoxy) is 1. The second kappa shape index (κ2) is 8.30. The van der Waals surface area contributed by atoms with Gasteiger partial charge in [-0.15, -0.1) is 5.10 Å². The zero-order chi connectivity index (χ0) is 21.1. The van der Waals surface area contributed by atoms with E-state index in [2.05, 4.69) is 15.2 Å². The first-order chi connectivity index (χ1) is 14.5. The van der Waals surface area contributed by atoms with Crippen LogP contribution in [0.1, 0.15) is 31.4 Å². The number of aliphatic hydroxyl groups excluding tert-OH is 1. The first kappa shape index (κ1) is 19.5. The summed E-state index contributed by atoms with van der Waals surface area (Å²) in [6.45, 7) is 2.75. The highest BCUT2D eigenvalue weighted by Crippen LogP contribution is 2.31. The van der Waals surface area contributed by atoms with Gasteiger partial charge in [0.1, 0.15) is 12.0 Å². The molecule has 2 atom stereocenters. The van der Waals surface area contributed by atoms with Gasteiger partial charge in [0.15, 0.2) is 0 Å². The van der Waals surface area contributed by atoms with Gasteiger partial charge in [0.2, 0.25) is 12.0 Å². The number of aliphatic hydroxyl groups is 1. The van der Waals surface area contributed by atoms with Crippen LogP contribution in [0.4, 0.5) is 6.01 Å². The Morgan fingerprint density at radius 3 is 2.63 bits per heavy atom. The summed E-state index contributed by atoms with van der Waals surface area (Å²) >= 11 is 0. The average Bonchev–Trinajstić information content (AvgIpc) is 3.21. The van der Waals surface area contributed by atoms with Crippen LogP contribution in [0.2, 0.25) is 0 Å². The lowest BCUT2D eigenvalue weighted by Gasteiger charge is -2.19. The molecule has 1 N–H and O–H groups in total. The van der Waals surface area contributed by atoms with E-state index in [1.807, 2.05) is 60.7 Å². The molecule has 2 unspecified atom stereocenters. The number of carbonyl (C=O) groups excluding carboxylic acids is 1. The Morgan fingerprint density at radius 2 is 1.90 bits per heavy atom. The van der Waals surface area contributed by atoms with Gasteiger partial charge in [-0.05, 0) is 31.2 Å². The van der Waals surface area contributed by atoms with E-state index in [0.29, 0.717) is 5.75 Å². The van der Waals surface area contributed by atoms with Crippen molar-refractivity contribution in [3.05, 3.63) is 78.3 Å². The lowest BCUT2D eigenvalue weighted by atomic mass is 10.1. The number of fused-ring (bicyclic) bond motifs is 1. The normalized spacial score (nSPS) is 13.0. The molecule has 0 aliphatic heterocycles. The van der Waals surface area contributed by atoms with Crippen molar-refractivity contribution in [2.75, 3.05) is 4.90 Å². The highest BCUT2D eigenvalue weighted by Gasteiger charge is 2.28. The third kappa shape index (κ3) is 3.99. The molecule has 8 heteroatoms. The SMILES string of the molecule is CC(=O)N(c1nnc(C(Oc2ccc3ncccc3c2)c2ccccc2)o1)C(C)O. The molecule has 0 aliphatic rings. The van der Waals surface area contributed by atoms with E-state index in [0.717, 1.165) is 21.4 Å². The van der Waals surface area contributed by atoms with Crippen molar-refractivity contribution in [1.82, 2.24) is 15.2 Å². The number of carbonyl (C=O) groups is 1. The maximum atomic E-state index is 11.9. The number of rotatable bonds is 6. The summed E-state index contributed by atoms with van der Waals surface area (Å²) < 4.78 is 11.9. The van der Waals surface area contributed by atoms with Crippen LogP contribution in [0.25, 0.3) is 10.9 Å². The first-order valence-electron chi connectivity index (χ1n) is 9.40. The van der Waals surface area contributed by atoms with E-state index >= 15 is 0 Å². The number of anilines is 1. The van der Waals surface area contributed by atoms with E-state index in [4.69, 9.17) is 9.15 Å². The van der Waals surface area contributed by atoms with Crippen molar-refractivity contribution in [2.24, 2.45) is 0 Å². The van der Waals surface area contributed by atoms with Gasteiger partial charge in [0, 0.05) is 24.1 Å². The zero-order valence-electron chi connectivity index (χ0n) is 16.5. The zero-order valence-corrected chi connectivity index (χ0v) is 16.5. The lowest BCUT2D eigenvalue weighted by molar-refractivity contribution is -0.118. The van der Waals surface area contributed by atoms with Crippen LogP contribution >= 0.6 is 0 Å². The molecular formula is C22H20N4O4. The van der Waals surface area contributed by atoms with Crippen LogP contribution in [0.5, 0.6) is 5.75 Å². The minimum atomic E-state index is -1.11. The van der Waals surface area contributed by atoms with E-state index in [1.165, 1.54) is 13.8 Å². The molecule has 0 aliphatic carbocycles. The Hall–Kier alpha value is -3.78. The Balaban J connectivity index is 1.71. The van der Waals surface area contributed by atoms with E-state index in [-0.39, 0.29) is 11.9 Å². The lowest BCUT2D eigenvalue weighted by Crippen LogP contribution is -2.37. The molecule has 0 radical (unpaired) electrons. The van der Waals surface area contributed by atoms with Gasteiger partial charge in [0.05, 0.1) is 5.52 Å². The number of amides is 1. The summed E-state index contributed by atoms with van der Waals surface area (Å²) in [5.74, 6) is 0.344. The number of aromatic nitrogens is 3. The fraction of sp³-hybridized carbons (Fsp3) is 0.182. The summed E-state index contributed by atoms with van der Waals surface area (Å²) in [6.07, 6.45) is -0.0808. The molecule has 2 aromatic heterocycles. The van der Waals surface area contributed by atoms with E-state index in [9.17, 15) is 9.90 Å². The number of benzene rings is 2. The fourth-order valence-corrected chi connectivity index (χ4v) is 3.14. The van der Waals surface area contributed by atoms with Crippen molar-refractivity contribution in [1.29, 1.82) is 0 Å². The Morgan fingerprint density at radius 1 is 1.10 bits per heavy atom. The summed E-state index contributed by atoms with van der Waals surface area (Å²) in [6, 6.07) is 18.7. The van der Waals surface area contributed by atoms with Crippen molar-refractivity contribution in [2.45, 2.75) is 26.2 Å². The number of nitrogens with zero attached hydrogens (tertiary/aromatic N) is 4. The molecule has 0 saturated heterocycles. The average molecular weight is 404 g/mol. The maximum Gasteiger partial charge on any atom is 0.327 e. The second-order valence-electron chi connectivity index (χ2n) is 6.71. The van der Waals surface area contributed by atoms with E-state index < -0.39 is 18.2 Å². The van der Waals surface area contributed by atoms with Crippen LogP contribution < -0.4 is 9.64 Å². The third-order valence-corrected chi connectivity index (χ3v) is 4.50. The Kier molecular flexibility index (Phi) is 5.40. The molecule has 2 heterocycles. The minimum Gasteiger partial charge on any atom is -0.476 e. The molecular weight excluding hydrogens is 384 g/mol. The summed E-state index contributed by atoms with van der Waals surface area (Å²) in [7, 11) is 0. The number of hydrogen-bond acceptors (Lipinski definition) is 7. The van der Waals surface area contributed by atoms with Gasteiger partial charge in [-0.3, -0.25) is 9.78 Å². The Labute approximate surface area is 172 Å². The maximum absolute atomic E-state index is 11.9. The highest BCUT2D eigenvalue weighted by atomic mass is 16.5. The largest absolute Gasteiger partial charge is 0.476 e. The van der Waals surface area contributed by atoms with Gasteiger partial charge in [-0.25, -0.2) is 4.90 Å². The van der Waals surface area contributed by atoms with Crippen molar-refractivity contribution < 1.29 is 19.1 Å². The molecule has 4 rings (SSSR count). The first-order valence-corrected chi connectivity index (χ1v) is 9.40. The molecule has 0 spiro atoms. The molecule has 0 saturated carbocycles. The monoisotopic (exact) mass is 404 g/mol. The quantitative estimate of drug-likeness (QED) is 0.491. The molecule has 152 valence electrons. The van der Waals surface area contributed by atoms with Crippen molar-refractivity contribution in [3.8, 4) is 5.75 Å². The van der Waals surface area contributed by atoms with Crippen molar-refractivity contribution >= 4 is 22.8 Å². The number of pyridine rings is 1. The summed E-state index contributed by atoms with van der Waals surface area (Å²) in [4.78, 5) is 17.2. The van der Waals surface area contributed by atoms with Gasteiger partial charge in [-0.2, -0.15) is 0 Å². The fourth-order valence-electron chi connectivity index (χ4n) is 3.14. The second-order valence-corrected chi connectivity index (χ2v) is 6.71. The molecule has 8 nitrogen and oxygen atoms in total. The molecule has 1 amide bonds. The van der Waals surface area contributed by atoms with Crippen LogP contribution in [-0.4, -0.2) is 32.4 Å². The van der Waals surface area contributed by atoms with Gasteiger partial charge in [0.25, 0.3) is 5.89 Å². The molecule has 0 bridgehead atoms. The van der Waals surface area contributed by atoms with E-state index in [1.54, 1.807) is 6.20 Å². The molecule has 30 heavy (non-hydrogen) atoms. The number of hydrogen-bond donors (Lipinski definition) is 1. The predicted molar refractivity (Wildman–Crippen MR) is 110 cm³/mol. The smallest absolute Gasteiger partial charge is 0.327 e. The van der Waals surface area contributed by atoms with Crippen molar-refractivity contribution in [3.63, 3.8) is 0 Å². The van der Waals surface area contributed by atoms with Crippen LogP contribution in [0.15, 0.2) is 71.3 Å². The Bertz CT molecular complexity index is 1160. The topological polar surface area (TPSA) is 102 Å². The molecule has 2 aromatic carbocycles. The van der Waals surface area contributed by atoms with Crippen LogP contribution in [0.3, 0.4) is 0 Å². The van der Waals surface area contributed by atoms with Crippen LogP contribution in [-0.2, 0) is 4.79 Å². The van der Waals surface area contributed by atoms with Gasteiger partial charge < -0.3 is 14.3 Å². The third-order valence-electron chi connectivity index (χ3n) is 4.50. The highest BCUT2D eigenvalue weighted by molar-refractivity contribution is 5.89. The standard InChI is InChI=1S/C22H20N4O4/c1-14(27)26(15(2)28)22-25-24-21(30-22)20(16-7-4-3-5-8-16)29-18-10-11-19-17(13-18)9-6-12-23-19/h3-14,20,27H,1-2H3. The van der Waals surface area contributed by atoms with Gasteiger partial charge in [-0.1, -0.05) is 41.5 Å². The summed E-state index contributed by atoms with van der Waals surface area (Å²) in [5.41, 5.74) is 1.65. The molecule has 4 aromatic rings. The summed E-state index contributed by atoms with van der Waals surface area (Å²) in [5, 5.41) is 18.8. The molecule has 0 fully saturated rings. The predicted octanol–water partition coefficient (Wildman–Crippen LogP) is 3.48. The van der Waals surface area contributed by atoms with Crippen LogP contribution in [0, 0.1) is 0 Å². The van der Waals surface area contributed by atoms with Gasteiger partial charge >= 0.3 is 6.01 Å².